The second kappa shape index (κ2) is 6.41. The third kappa shape index (κ3) is 2.88. The van der Waals surface area contributed by atoms with Gasteiger partial charge in [0.15, 0.2) is 0 Å². The Morgan fingerprint density at radius 1 is 1.54 bits per heavy atom. The molecule has 0 saturated heterocycles. The molecule has 1 atom stereocenters. The van der Waals surface area contributed by atoms with Crippen molar-refractivity contribution in [2.75, 3.05) is 5.32 Å². The molecule has 0 aliphatic heterocycles. The molecule has 24 heavy (non-hydrogen) atoms. The summed E-state index contributed by atoms with van der Waals surface area (Å²) in [5, 5.41) is 27.3. The van der Waals surface area contributed by atoms with Gasteiger partial charge in [-0.25, -0.2) is 0 Å². The van der Waals surface area contributed by atoms with Gasteiger partial charge in [-0.3, -0.25) is 19.6 Å². The maximum absolute atomic E-state index is 12.4. The van der Waals surface area contributed by atoms with Gasteiger partial charge in [-0.05, 0) is 38.2 Å². The summed E-state index contributed by atoms with van der Waals surface area (Å²) in [6, 6.07) is 1.47. The predicted molar refractivity (Wildman–Crippen MR) is 87.9 cm³/mol. The summed E-state index contributed by atoms with van der Waals surface area (Å²) in [4.78, 5) is 23.7. The Kier molecular flexibility index (Phi) is 4.31. The Balaban J connectivity index is 1.80. The quantitative estimate of drug-likeness (QED) is 0.676. The molecule has 2 aromatic rings. The van der Waals surface area contributed by atoms with E-state index in [1.165, 1.54) is 22.2 Å². The van der Waals surface area contributed by atoms with E-state index in [0.29, 0.717) is 10.6 Å². The van der Waals surface area contributed by atoms with E-state index in [1.54, 1.807) is 6.92 Å². The Hall–Kier alpha value is -2.73. The van der Waals surface area contributed by atoms with Crippen LogP contribution in [0, 0.1) is 21.4 Å². The fourth-order valence-electron chi connectivity index (χ4n) is 2.74. The van der Waals surface area contributed by atoms with Crippen LogP contribution in [-0.4, -0.2) is 20.6 Å². The van der Waals surface area contributed by atoms with Crippen molar-refractivity contribution in [2.24, 2.45) is 0 Å². The van der Waals surface area contributed by atoms with Crippen molar-refractivity contribution in [3.8, 4) is 6.07 Å². The number of anilines is 1. The minimum atomic E-state index is -0.718. The van der Waals surface area contributed by atoms with Crippen molar-refractivity contribution in [3.63, 3.8) is 0 Å². The van der Waals surface area contributed by atoms with Crippen molar-refractivity contribution >= 4 is 27.9 Å². The second-order valence-corrected chi connectivity index (χ2v) is 6.73. The first-order chi connectivity index (χ1) is 11.5. The van der Waals surface area contributed by atoms with Crippen LogP contribution in [0.25, 0.3) is 0 Å². The van der Waals surface area contributed by atoms with Crippen LogP contribution in [0.5, 0.6) is 0 Å². The Morgan fingerprint density at radius 3 is 2.96 bits per heavy atom. The highest BCUT2D eigenvalue weighted by Gasteiger charge is 2.24. The minimum absolute atomic E-state index is 0.168. The molecule has 1 N–H and O–H groups in total. The largest absolute Gasteiger partial charge is 0.315 e. The standard InChI is InChI=1S/C15H15N5O3S/c1-9(19-8-10(7-17-19)20(22)23)14(21)18-15-12(6-16)11-4-2-3-5-13(11)24-15/h7-9H,2-5H2,1H3,(H,18,21)/t9-/m0/s1. The van der Waals surface area contributed by atoms with Crippen LogP contribution in [0.15, 0.2) is 12.4 Å². The lowest BCUT2D eigenvalue weighted by Crippen LogP contribution is -2.24. The maximum atomic E-state index is 12.4. The average Bonchev–Trinajstić information content (AvgIpc) is 3.18. The minimum Gasteiger partial charge on any atom is -0.315 e. The summed E-state index contributed by atoms with van der Waals surface area (Å²) in [5.41, 5.74) is 1.42. The van der Waals surface area contributed by atoms with E-state index in [-0.39, 0.29) is 11.6 Å². The molecule has 1 aliphatic carbocycles. The van der Waals surface area contributed by atoms with Crippen LogP contribution < -0.4 is 5.32 Å². The molecule has 0 bridgehead atoms. The summed E-state index contributed by atoms with van der Waals surface area (Å²) < 4.78 is 1.24. The van der Waals surface area contributed by atoms with Crippen molar-refractivity contribution in [1.29, 1.82) is 5.26 Å². The molecule has 2 heterocycles. The van der Waals surface area contributed by atoms with Crippen LogP contribution in [0.3, 0.4) is 0 Å². The van der Waals surface area contributed by atoms with E-state index >= 15 is 0 Å². The van der Waals surface area contributed by atoms with Gasteiger partial charge in [-0.15, -0.1) is 11.3 Å². The van der Waals surface area contributed by atoms with Crippen LogP contribution in [0.1, 0.15) is 41.8 Å². The number of rotatable bonds is 4. The van der Waals surface area contributed by atoms with Gasteiger partial charge in [0.05, 0.1) is 10.5 Å². The van der Waals surface area contributed by atoms with Gasteiger partial charge >= 0.3 is 5.69 Å². The van der Waals surface area contributed by atoms with Crippen molar-refractivity contribution < 1.29 is 9.72 Å². The molecule has 1 aliphatic rings. The number of carbonyl (C=O) groups is 1. The van der Waals surface area contributed by atoms with Crippen molar-refractivity contribution in [1.82, 2.24) is 9.78 Å². The first-order valence-electron chi connectivity index (χ1n) is 7.55. The van der Waals surface area contributed by atoms with Gasteiger partial charge in [0.25, 0.3) is 0 Å². The number of thiophene rings is 1. The summed E-state index contributed by atoms with van der Waals surface area (Å²) >= 11 is 1.45. The third-order valence-corrected chi connectivity index (χ3v) is 5.30. The van der Waals surface area contributed by atoms with Gasteiger partial charge in [0.2, 0.25) is 5.91 Å². The van der Waals surface area contributed by atoms with Gasteiger partial charge in [-0.1, -0.05) is 0 Å². The Labute approximate surface area is 141 Å². The third-order valence-electron chi connectivity index (χ3n) is 4.09. The van der Waals surface area contributed by atoms with Crippen LogP contribution in [0.4, 0.5) is 10.7 Å². The fraction of sp³-hybridized carbons (Fsp3) is 0.400. The molecule has 8 nitrogen and oxygen atoms in total. The summed E-state index contributed by atoms with van der Waals surface area (Å²) in [5.74, 6) is -0.358. The number of nitriles is 1. The zero-order chi connectivity index (χ0) is 17.3. The maximum Gasteiger partial charge on any atom is 0.307 e. The van der Waals surface area contributed by atoms with E-state index in [4.69, 9.17) is 0 Å². The van der Waals surface area contributed by atoms with Crippen LogP contribution >= 0.6 is 11.3 Å². The lowest BCUT2D eigenvalue weighted by molar-refractivity contribution is -0.385. The van der Waals surface area contributed by atoms with Crippen molar-refractivity contribution in [2.45, 2.75) is 38.6 Å². The van der Waals surface area contributed by atoms with E-state index in [2.05, 4.69) is 16.5 Å². The molecule has 0 unspecified atom stereocenters. The number of hydrogen-bond donors (Lipinski definition) is 1. The average molecular weight is 345 g/mol. The number of nitro groups is 1. The molecule has 1 amide bonds. The molecule has 2 aromatic heterocycles. The van der Waals surface area contributed by atoms with Gasteiger partial charge in [-0.2, -0.15) is 10.4 Å². The van der Waals surface area contributed by atoms with E-state index in [0.717, 1.165) is 42.3 Å². The lowest BCUT2D eigenvalue weighted by Gasteiger charge is -2.11. The zero-order valence-corrected chi connectivity index (χ0v) is 13.8. The number of hydrogen-bond acceptors (Lipinski definition) is 6. The highest BCUT2D eigenvalue weighted by atomic mass is 32.1. The molecular weight excluding hydrogens is 330 g/mol. The first-order valence-corrected chi connectivity index (χ1v) is 8.37. The number of aryl methyl sites for hydroxylation is 1. The number of carbonyl (C=O) groups excluding carboxylic acids is 1. The molecule has 0 radical (unpaired) electrons. The smallest absolute Gasteiger partial charge is 0.307 e. The van der Waals surface area contributed by atoms with E-state index in [9.17, 15) is 20.2 Å². The molecule has 0 saturated carbocycles. The number of fused-ring (bicyclic) bond motifs is 1. The normalized spacial score (nSPS) is 14.5. The monoisotopic (exact) mass is 345 g/mol. The Morgan fingerprint density at radius 2 is 2.29 bits per heavy atom. The highest BCUT2D eigenvalue weighted by Crippen LogP contribution is 2.37. The molecule has 0 spiro atoms. The molecule has 3 rings (SSSR count). The number of amides is 1. The molecule has 0 aromatic carbocycles. The summed E-state index contributed by atoms with van der Waals surface area (Å²) in [7, 11) is 0. The van der Waals surface area contributed by atoms with Gasteiger partial charge in [0, 0.05) is 4.88 Å². The van der Waals surface area contributed by atoms with Crippen LogP contribution in [0.2, 0.25) is 0 Å². The molecule has 9 heteroatoms. The van der Waals surface area contributed by atoms with E-state index < -0.39 is 11.0 Å². The Bertz CT molecular complexity index is 848. The van der Waals surface area contributed by atoms with Crippen molar-refractivity contribution in [3.05, 3.63) is 38.5 Å². The van der Waals surface area contributed by atoms with Gasteiger partial charge < -0.3 is 5.32 Å². The fourth-order valence-corrected chi connectivity index (χ4v) is 3.99. The van der Waals surface area contributed by atoms with Gasteiger partial charge in [0.1, 0.15) is 29.5 Å². The number of aromatic nitrogens is 2. The molecular formula is C15H15N5O3S. The molecule has 0 fully saturated rings. The topological polar surface area (TPSA) is 114 Å². The SMILES string of the molecule is C[C@@H](C(=O)Nc1sc2c(c1C#N)CCCC2)n1cc([N+](=O)[O-])cn1. The van der Waals surface area contributed by atoms with Crippen LogP contribution in [-0.2, 0) is 17.6 Å². The first kappa shape index (κ1) is 16.1. The second-order valence-electron chi connectivity index (χ2n) is 5.63. The predicted octanol–water partition coefficient (Wildman–Crippen LogP) is 2.80. The summed E-state index contributed by atoms with van der Waals surface area (Å²) in [6.45, 7) is 1.60. The van der Waals surface area contributed by atoms with E-state index in [1.807, 2.05) is 0 Å². The number of nitrogens with one attached hydrogen (secondary N) is 1. The highest BCUT2D eigenvalue weighted by molar-refractivity contribution is 7.16. The zero-order valence-electron chi connectivity index (χ0n) is 13.0. The lowest BCUT2D eigenvalue weighted by atomic mass is 9.96. The summed E-state index contributed by atoms with van der Waals surface area (Å²) in [6.07, 6.45) is 6.28. The molecule has 124 valence electrons. The number of nitrogens with zero attached hydrogens (tertiary/aromatic N) is 4.